The first-order valence-corrected chi connectivity index (χ1v) is 9.56. The van der Waals surface area contributed by atoms with Gasteiger partial charge in [-0.1, -0.05) is 30.7 Å². The van der Waals surface area contributed by atoms with E-state index in [1.807, 2.05) is 6.92 Å². The van der Waals surface area contributed by atoms with Gasteiger partial charge in [0.1, 0.15) is 0 Å². The first-order valence-electron chi connectivity index (χ1n) is 9.19. The monoisotopic (exact) mass is 388 g/mol. The van der Waals surface area contributed by atoms with Crippen LogP contribution in [0.5, 0.6) is 0 Å². The summed E-state index contributed by atoms with van der Waals surface area (Å²) in [5.41, 5.74) is 0.471. The van der Waals surface area contributed by atoms with Gasteiger partial charge in [0.05, 0.1) is 29.7 Å². The highest BCUT2D eigenvalue weighted by Crippen LogP contribution is 2.21. The minimum Gasteiger partial charge on any atom is -0.376 e. The lowest BCUT2D eigenvalue weighted by molar-refractivity contribution is 0.0950. The highest BCUT2D eigenvalue weighted by atomic mass is 35.5. The summed E-state index contributed by atoms with van der Waals surface area (Å²) in [5, 5.41) is 0.424. The molecule has 3 aromatic rings. The molecule has 0 unspecified atom stereocenters. The summed E-state index contributed by atoms with van der Waals surface area (Å²) in [6.45, 7) is 3.57. The van der Waals surface area contributed by atoms with E-state index in [9.17, 15) is 9.59 Å². The molecule has 0 saturated carbocycles. The Morgan fingerprint density at radius 3 is 2.81 bits per heavy atom. The quantitative estimate of drug-likeness (QED) is 0.673. The Hall–Kier alpha value is -2.38. The maximum atomic E-state index is 13.3. The maximum absolute atomic E-state index is 13.3. The van der Waals surface area contributed by atoms with Crippen LogP contribution in [0.15, 0.2) is 40.2 Å². The number of nitrogens with zero attached hydrogens (tertiary/aromatic N) is 4. The van der Waals surface area contributed by atoms with Crippen molar-refractivity contribution in [2.45, 2.75) is 45.4 Å². The van der Waals surface area contributed by atoms with Crippen molar-refractivity contribution >= 4 is 22.8 Å². The highest BCUT2D eigenvalue weighted by Gasteiger charge is 2.23. The topological polar surface area (TPSA) is 71.1 Å². The zero-order valence-electron chi connectivity index (χ0n) is 15.1. The molecule has 1 atom stereocenters. The third-order valence-electron chi connectivity index (χ3n) is 4.87. The van der Waals surface area contributed by atoms with Gasteiger partial charge in [0.15, 0.2) is 11.2 Å². The van der Waals surface area contributed by atoms with Crippen LogP contribution in [-0.4, -0.2) is 31.4 Å². The molecule has 0 radical (unpaired) electrons. The van der Waals surface area contributed by atoms with Crippen LogP contribution in [0.3, 0.4) is 0 Å². The zero-order valence-corrected chi connectivity index (χ0v) is 15.9. The number of imidazole rings is 1. The Bertz CT molecular complexity index is 1090. The summed E-state index contributed by atoms with van der Waals surface area (Å²) in [6.07, 6.45) is 4.11. The third kappa shape index (κ3) is 3.11. The molecule has 27 heavy (non-hydrogen) atoms. The SMILES string of the molecule is CCCn1cnc2c1c(=O)n(C[C@H]1CCCO1)c(=O)n2-c1ccccc1Cl. The van der Waals surface area contributed by atoms with E-state index in [1.165, 1.54) is 9.13 Å². The number of hydrogen-bond donors (Lipinski definition) is 0. The number of rotatable bonds is 5. The van der Waals surface area contributed by atoms with E-state index < -0.39 is 5.69 Å². The maximum Gasteiger partial charge on any atom is 0.337 e. The molecular weight excluding hydrogens is 368 g/mol. The molecular formula is C19H21ClN4O3. The van der Waals surface area contributed by atoms with Gasteiger partial charge in [-0.2, -0.15) is 0 Å². The van der Waals surface area contributed by atoms with E-state index in [4.69, 9.17) is 16.3 Å². The second-order valence-electron chi connectivity index (χ2n) is 6.73. The van der Waals surface area contributed by atoms with E-state index in [0.29, 0.717) is 35.0 Å². The largest absolute Gasteiger partial charge is 0.376 e. The van der Waals surface area contributed by atoms with Crippen LogP contribution in [0, 0.1) is 0 Å². The minimum absolute atomic E-state index is 0.130. The van der Waals surface area contributed by atoms with Gasteiger partial charge in [0.2, 0.25) is 0 Å². The lowest BCUT2D eigenvalue weighted by Gasteiger charge is -2.15. The Kier molecular flexibility index (Phi) is 4.88. The molecule has 8 heteroatoms. The van der Waals surface area contributed by atoms with Crippen LogP contribution in [0.25, 0.3) is 16.9 Å². The average molecular weight is 389 g/mol. The Morgan fingerprint density at radius 2 is 2.11 bits per heavy atom. The molecule has 1 aromatic carbocycles. The fraction of sp³-hybridized carbons (Fsp3) is 0.421. The molecule has 3 heterocycles. The lowest BCUT2D eigenvalue weighted by atomic mass is 10.2. The zero-order chi connectivity index (χ0) is 19.0. The van der Waals surface area contributed by atoms with Crippen molar-refractivity contribution in [3.63, 3.8) is 0 Å². The second kappa shape index (κ2) is 7.32. The summed E-state index contributed by atoms with van der Waals surface area (Å²) in [6, 6.07) is 7.07. The molecule has 0 bridgehead atoms. The van der Waals surface area contributed by atoms with Crippen LogP contribution in [0.2, 0.25) is 5.02 Å². The highest BCUT2D eigenvalue weighted by molar-refractivity contribution is 6.32. The molecule has 0 aliphatic carbocycles. The van der Waals surface area contributed by atoms with Gasteiger partial charge >= 0.3 is 5.69 Å². The minimum atomic E-state index is -0.446. The van der Waals surface area contributed by atoms with E-state index >= 15 is 0 Å². The molecule has 1 aliphatic rings. The standard InChI is InChI=1S/C19H21ClN4O3/c1-2-9-22-12-21-17-16(22)18(25)23(11-13-6-5-10-27-13)19(26)24(17)15-8-4-3-7-14(15)20/h3-4,7-8,12-13H,2,5-6,9-11H2,1H3/t13-/m1/s1. The van der Waals surface area contributed by atoms with E-state index in [-0.39, 0.29) is 18.2 Å². The number of fused-ring (bicyclic) bond motifs is 1. The smallest absolute Gasteiger partial charge is 0.337 e. The predicted octanol–water partition coefficient (Wildman–Crippen LogP) is 2.59. The van der Waals surface area contributed by atoms with Crippen molar-refractivity contribution in [3.8, 4) is 5.69 Å². The summed E-state index contributed by atoms with van der Waals surface area (Å²) >= 11 is 6.36. The van der Waals surface area contributed by atoms with Gasteiger partial charge in [-0.15, -0.1) is 0 Å². The summed E-state index contributed by atoms with van der Waals surface area (Å²) in [5.74, 6) is 0. The number of benzene rings is 1. The van der Waals surface area contributed by atoms with Gasteiger partial charge in [-0.05, 0) is 31.4 Å². The summed E-state index contributed by atoms with van der Waals surface area (Å²) in [4.78, 5) is 30.8. The Morgan fingerprint density at radius 1 is 1.30 bits per heavy atom. The molecule has 1 fully saturated rings. The molecule has 7 nitrogen and oxygen atoms in total. The average Bonchev–Trinajstić information content (AvgIpc) is 3.31. The van der Waals surface area contributed by atoms with Crippen LogP contribution in [0.4, 0.5) is 0 Å². The fourth-order valence-corrected chi connectivity index (χ4v) is 3.81. The van der Waals surface area contributed by atoms with Crippen molar-refractivity contribution in [2.75, 3.05) is 6.61 Å². The van der Waals surface area contributed by atoms with Crippen LogP contribution in [-0.2, 0) is 17.8 Å². The van der Waals surface area contributed by atoms with Crippen molar-refractivity contribution in [2.24, 2.45) is 0 Å². The normalized spacial score (nSPS) is 17.0. The summed E-state index contributed by atoms with van der Waals surface area (Å²) < 4.78 is 10.1. The van der Waals surface area contributed by atoms with Gasteiger partial charge in [0, 0.05) is 13.2 Å². The van der Waals surface area contributed by atoms with Gasteiger partial charge in [-0.3, -0.25) is 9.36 Å². The Balaban J connectivity index is 2.02. The molecule has 2 aromatic heterocycles. The molecule has 0 amide bonds. The molecule has 0 spiro atoms. The lowest BCUT2D eigenvalue weighted by Crippen LogP contribution is -2.42. The fourth-order valence-electron chi connectivity index (χ4n) is 3.59. The van der Waals surface area contributed by atoms with Gasteiger partial charge < -0.3 is 9.30 Å². The van der Waals surface area contributed by atoms with Crippen LogP contribution >= 0.6 is 11.6 Å². The number of ether oxygens (including phenoxy) is 1. The first-order chi connectivity index (χ1) is 13.1. The van der Waals surface area contributed by atoms with Crippen molar-refractivity contribution in [3.05, 3.63) is 56.5 Å². The van der Waals surface area contributed by atoms with E-state index in [1.54, 1.807) is 35.2 Å². The molecule has 4 rings (SSSR count). The van der Waals surface area contributed by atoms with Crippen molar-refractivity contribution in [1.29, 1.82) is 0 Å². The number of para-hydroxylation sites is 1. The number of halogens is 1. The first kappa shape index (κ1) is 18.0. The molecule has 142 valence electrons. The molecule has 0 N–H and O–H groups in total. The molecule has 1 aliphatic heterocycles. The van der Waals surface area contributed by atoms with E-state index in [2.05, 4.69) is 4.98 Å². The molecule has 1 saturated heterocycles. The van der Waals surface area contributed by atoms with Crippen LogP contribution in [0.1, 0.15) is 26.2 Å². The Labute approximate surface area is 160 Å². The third-order valence-corrected chi connectivity index (χ3v) is 5.19. The van der Waals surface area contributed by atoms with Gasteiger partial charge in [0.25, 0.3) is 5.56 Å². The second-order valence-corrected chi connectivity index (χ2v) is 7.14. The number of hydrogen-bond acceptors (Lipinski definition) is 4. The van der Waals surface area contributed by atoms with Crippen molar-refractivity contribution in [1.82, 2.24) is 18.7 Å². The number of aryl methyl sites for hydroxylation is 1. The number of aromatic nitrogens is 4. The van der Waals surface area contributed by atoms with Crippen molar-refractivity contribution < 1.29 is 4.74 Å². The summed E-state index contributed by atoms with van der Waals surface area (Å²) in [7, 11) is 0. The van der Waals surface area contributed by atoms with Gasteiger partial charge in [-0.25, -0.2) is 14.3 Å². The van der Waals surface area contributed by atoms with E-state index in [0.717, 1.165) is 19.3 Å². The van der Waals surface area contributed by atoms with Crippen LogP contribution < -0.4 is 11.2 Å². The predicted molar refractivity (Wildman–Crippen MR) is 104 cm³/mol.